The number of hydrogen-bond acceptors (Lipinski definition) is 3. The van der Waals surface area contributed by atoms with E-state index in [2.05, 4.69) is 42.5 Å². The third-order valence-electron chi connectivity index (χ3n) is 2.64. The summed E-state index contributed by atoms with van der Waals surface area (Å²) in [5.41, 5.74) is 4.69. The minimum atomic E-state index is 0.770. The zero-order valence-corrected chi connectivity index (χ0v) is 9.87. The molecule has 1 heterocycles. The van der Waals surface area contributed by atoms with Crippen LogP contribution in [-0.2, 0) is 6.54 Å². The van der Waals surface area contributed by atoms with Crippen molar-refractivity contribution in [1.82, 2.24) is 10.5 Å². The number of benzene rings is 1. The van der Waals surface area contributed by atoms with Crippen molar-refractivity contribution < 1.29 is 4.52 Å². The van der Waals surface area contributed by atoms with Gasteiger partial charge in [-0.25, -0.2) is 0 Å². The zero-order chi connectivity index (χ0) is 11.5. The maximum Gasteiger partial charge on any atom is 0.171 e. The van der Waals surface area contributed by atoms with Crippen molar-refractivity contribution in [2.45, 2.75) is 20.4 Å². The Bertz CT molecular complexity index is 488. The van der Waals surface area contributed by atoms with Crippen LogP contribution < -0.4 is 5.32 Å². The predicted molar refractivity (Wildman–Crippen MR) is 64.2 cm³/mol. The fourth-order valence-corrected chi connectivity index (χ4v) is 1.87. The van der Waals surface area contributed by atoms with Crippen molar-refractivity contribution in [3.63, 3.8) is 0 Å². The van der Waals surface area contributed by atoms with Crippen LogP contribution in [0.1, 0.15) is 16.7 Å². The monoisotopic (exact) mass is 216 g/mol. The molecule has 0 aliphatic heterocycles. The molecule has 1 N–H and O–H groups in total. The average Bonchev–Trinajstić information content (AvgIpc) is 2.67. The molecule has 84 valence electrons. The maximum absolute atomic E-state index is 5.33. The van der Waals surface area contributed by atoms with Crippen molar-refractivity contribution in [3.8, 4) is 11.3 Å². The summed E-state index contributed by atoms with van der Waals surface area (Å²) in [6, 6.07) is 6.33. The molecule has 0 saturated heterocycles. The average molecular weight is 216 g/mol. The molecule has 1 aromatic heterocycles. The Balaban J connectivity index is 2.46. The summed E-state index contributed by atoms with van der Waals surface area (Å²) in [5.74, 6) is 0.867. The lowest BCUT2D eigenvalue weighted by molar-refractivity contribution is 0.431. The smallest absolute Gasteiger partial charge is 0.171 e. The second-order valence-electron chi connectivity index (χ2n) is 4.03. The molecule has 2 rings (SSSR count). The number of hydrogen-bond donors (Lipinski definition) is 1. The van der Waals surface area contributed by atoms with Crippen LogP contribution in [0.5, 0.6) is 0 Å². The number of aryl methyl sites for hydroxylation is 2. The van der Waals surface area contributed by atoms with Crippen LogP contribution in [0.2, 0.25) is 0 Å². The van der Waals surface area contributed by atoms with Crippen LogP contribution >= 0.6 is 0 Å². The second-order valence-corrected chi connectivity index (χ2v) is 4.03. The lowest BCUT2D eigenvalue weighted by Gasteiger charge is -2.05. The van der Waals surface area contributed by atoms with Crippen LogP contribution in [0.15, 0.2) is 28.9 Å². The van der Waals surface area contributed by atoms with Gasteiger partial charge in [-0.2, -0.15) is 0 Å². The summed E-state index contributed by atoms with van der Waals surface area (Å²) in [6.07, 6.45) is 1.77. The topological polar surface area (TPSA) is 38.1 Å². The molecular weight excluding hydrogens is 200 g/mol. The van der Waals surface area contributed by atoms with Crippen molar-refractivity contribution in [2.24, 2.45) is 0 Å². The van der Waals surface area contributed by atoms with Gasteiger partial charge in [0.1, 0.15) is 0 Å². The summed E-state index contributed by atoms with van der Waals surface area (Å²) < 4.78 is 5.33. The number of nitrogens with zero attached hydrogens (tertiary/aromatic N) is 1. The molecule has 0 unspecified atom stereocenters. The Morgan fingerprint density at radius 2 is 2.12 bits per heavy atom. The first-order valence-electron chi connectivity index (χ1n) is 5.38. The Morgan fingerprint density at radius 3 is 2.81 bits per heavy atom. The number of rotatable bonds is 3. The standard InChI is InChI=1S/C13H16N2O/c1-9-4-5-12(10(2)6-9)13-11(7-14-3)8-15-16-13/h4-6,8,14H,7H2,1-3H3. The van der Waals surface area contributed by atoms with E-state index < -0.39 is 0 Å². The van der Waals surface area contributed by atoms with E-state index in [1.54, 1.807) is 6.20 Å². The molecule has 0 aliphatic rings. The van der Waals surface area contributed by atoms with Gasteiger partial charge in [0, 0.05) is 17.7 Å². The largest absolute Gasteiger partial charge is 0.356 e. The van der Waals surface area contributed by atoms with Crippen LogP contribution in [0.4, 0.5) is 0 Å². The summed E-state index contributed by atoms with van der Waals surface area (Å²) in [6.45, 7) is 4.95. The Labute approximate surface area is 95.5 Å². The lowest BCUT2D eigenvalue weighted by atomic mass is 10.0. The van der Waals surface area contributed by atoms with E-state index in [1.165, 1.54) is 11.1 Å². The van der Waals surface area contributed by atoms with Crippen molar-refractivity contribution in [2.75, 3.05) is 7.05 Å². The fourth-order valence-electron chi connectivity index (χ4n) is 1.87. The molecule has 0 amide bonds. The van der Waals surface area contributed by atoms with Gasteiger partial charge in [-0.3, -0.25) is 0 Å². The van der Waals surface area contributed by atoms with Gasteiger partial charge in [0.25, 0.3) is 0 Å². The van der Waals surface area contributed by atoms with Crippen LogP contribution in [0.3, 0.4) is 0 Å². The molecule has 1 aromatic carbocycles. The highest BCUT2D eigenvalue weighted by molar-refractivity contribution is 5.65. The Morgan fingerprint density at radius 1 is 1.31 bits per heavy atom. The lowest BCUT2D eigenvalue weighted by Crippen LogP contribution is -2.05. The molecule has 0 fully saturated rings. The maximum atomic E-state index is 5.33. The van der Waals surface area contributed by atoms with Gasteiger partial charge in [0.15, 0.2) is 5.76 Å². The van der Waals surface area contributed by atoms with Crippen molar-refractivity contribution in [1.29, 1.82) is 0 Å². The number of aromatic nitrogens is 1. The van der Waals surface area contributed by atoms with Crippen LogP contribution in [-0.4, -0.2) is 12.2 Å². The summed E-state index contributed by atoms with van der Waals surface area (Å²) in [4.78, 5) is 0. The van der Waals surface area contributed by atoms with E-state index in [4.69, 9.17) is 4.52 Å². The first-order valence-corrected chi connectivity index (χ1v) is 5.38. The van der Waals surface area contributed by atoms with E-state index >= 15 is 0 Å². The highest BCUT2D eigenvalue weighted by Gasteiger charge is 2.12. The normalized spacial score (nSPS) is 10.7. The minimum Gasteiger partial charge on any atom is -0.356 e. The van der Waals surface area contributed by atoms with Gasteiger partial charge >= 0.3 is 0 Å². The molecule has 3 nitrogen and oxygen atoms in total. The van der Waals surface area contributed by atoms with Crippen molar-refractivity contribution in [3.05, 3.63) is 41.1 Å². The molecule has 3 heteroatoms. The van der Waals surface area contributed by atoms with Gasteiger partial charge in [-0.15, -0.1) is 0 Å². The summed E-state index contributed by atoms with van der Waals surface area (Å²) in [7, 11) is 1.92. The fraction of sp³-hybridized carbons (Fsp3) is 0.308. The Kier molecular flexibility index (Phi) is 3.06. The quantitative estimate of drug-likeness (QED) is 0.857. The molecule has 0 aliphatic carbocycles. The highest BCUT2D eigenvalue weighted by atomic mass is 16.5. The molecular formula is C13H16N2O. The van der Waals surface area contributed by atoms with Gasteiger partial charge in [0.2, 0.25) is 0 Å². The molecule has 0 bridgehead atoms. The van der Waals surface area contributed by atoms with Gasteiger partial charge in [-0.1, -0.05) is 28.9 Å². The molecule has 16 heavy (non-hydrogen) atoms. The molecule has 0 spiro atoms. The van der Waals surface area contributed by atoms with E-state index in [9.17, 15) is 0 Å². The zero-order valence-electron chi connectivity index (χ0n) is 9.87. The molecule has 0 radical (unpaired) electrons. The third-order valence-corrected chi connectivity index (χ3v) is 2.64. The molecule has 0 atom stereocenters. The van der Waals surface area contributed by atoms with Gasteiger partial charge < -0.3 is 9.84 Å². The van der Waals surface area contributed by atoms with Gasteiger partial charge in [-0.05, 0) is 26.5 Å². The first-order chi connectivity index (χ1) is 7.72. The Hall–Kier alpha value is -1.61. The predicted octanol–water partition coefficient (Wildman–Crippen LogP) is 2.68. The van der Waals surface area contributed by atoms with E-state index in [0.29, 0.717) is 0 Å². The summed E-state index contributed by atoms with van der Waals surface area (Å²) >= 11 is 0. The van der Waals surface area contributed by atoms with E-state index in [-0.39, 0.29) is 0 Å². The molecule has 2 aromatic rings. The van der Waals surface area contributed by atoms with Crippen LogP contribution in [0, 0.1) is 13.8 Å². The summed E-state index contributed by atoms with van der Waals surface area (Å²) in [5, 5.41) is 6.98. The van der Waals surface area contributed by atoms with Crippen LogP contribution in [0.25, 0.3) is 11.3 Å². The second kappa shape index (κ2) is 4.49. The SMILES string of the molecule is CNCc1cnoc1-c1ccc(C)cc1C. The first kappa shape index (κ1) is 10.9. The number of nitrogens with one attached hydrogen (secondary N) is 1. The minimum absolute atomic E-state index is 0.770. The van der Waals surface area contributed by atoms with Crippen molar-refractivity contribution >= 4 is 0 Å². The molecule has 0 saturated carbocycles. The highest BCUT2D eigenvalue weighted by Crippen LogP contribution is 2.27. The third kappa shape index (κ3) is 1.99. The van der Waals surface area contributed by atoms with E-state index in [0.717, 1.165) is 23.4 Å². The van der Waals surface area contributed by atoms with E-state index in [1.807, 2.05) is 7.05 Å². The van der Waals surface area contributed by atoms with Gasteiger partial charge in [0.05, 0.1) is 6.20 Å².